The fourth-order valence-electron chi connectivity index (χ4n) is 2.44. The van der Waals surface area contributed by atoms with E-state index in [0.29, 0.717) is 5.92 Å². The molecule has 110 valence electrons. The van der Waals surface area contributed by atoms with Gasteiger partial charge in [-0.05, 0) is 43.4 Å². The summed E-state index contributed by atoms with van der Waals surface area (Å²) in [5, 5.41) is 3.06. The third kappa shape index (κ3) is 3.87. The maximum atomic E-state index is 12.1. The molecule has 1 saturated carbocycles. The molecule has 1 N–H and O–H groups in total. The highest BCUT2D eigenvalue weighted by molar-refractivity contribution is 8.13. The molecule has 0 bridgehead atoms. The molecule has 0 aliphatic heterocycles. The Morgan fingerprint density at radius 1 is 1.30 bits per heavy atom. The lowest BCUT2D eigenvalue weighted by molar-refractivity contribution is 0.0937. The van der Waals surface area contributed by atoms with Crippen molar-refractivity contribution < 1.29 is 13.2 Å². The summed E-state index contributed by atoms with van der Waals surface area (Å²) in [7, 11) is 1.37. The van der Waals surface area contributed by atoms with Crippen LogP contribution in [0.5, 0.6) is 0 Å². The van der Waals surface area contributed by atoms with Gasteiger partial charge < -0.3 is 5.32 Å². The van der Waals surface area contributed by atoms with Crippen LogP contribution >= 0.6 is 22.3 Å². The van der Waals surface area contributed by atoms with Gasteiger partial charge >= 0.3 is 0 Å². The Morgan fingerprint density at radius 3 is 2.55 bits per heavy atom. The molecule has 4 nitrogen and oxygen atoms in total. The Balaban J connectivity index is 2.20. The summed E-state index contributed by atoms with van der Waals surface area (Å²) >= 11 is 5.84. The van der Waals surface area contributed by atoms with Crippen LogP contribution in [-0.4, -0.2) is 20.4 Å². The zero-order chi connectivity index (χ0) is 14.9. The summed E-state index contributed by atoms with van der Waals surface area (Å²) in [4.78, 5) is 12.0. The largest absolute Gasteiger partial charge is 0.349 e. The van der Waals surface area contributed by atoms with E-state index in [-0.39, 0.29) is 27.4 Å². The Morgan fingerprint density at radius 2 is 2.00 bits per heavy atom. The molecular weight excluding hydrogens is 321 g/mol. The topological polar surface area (TPSA) is 63.2 Å². The minimum absolute atomic E-state index is 0.132. The monoisotopic (exact) mass is 335 g/mol. The maximum Gasteiger partial charge on any atom is 0.261 e. The van der Waals surface area contributed by atoms with E-state index in [1.54, 1.807) is 0 Å². The van der Waals surface area contributed by atoms with Crippen LogP contribution in [0.15, 0.2) is 23.1 Å². The summed E-state index contributed by atoms with van der Waals surface area (Å²) < 4.78 is 22.6. The molecule has 7 heteroatoms. The Labute approximate surface area is 127 Å². The van der Waals surface area contributed by atoms with Crippen LogP contribution in [0.2, 0.25) is 5.02 Å². The number of carbonyl (C=O) groups excluding carboxylic acids is 1. The summed E-state index contributed by atoms with van der Waals surface area (Å²) in [5.41, 5.74) is 0.205. The van der Waals surface area contributed by atoms with Gasteiger partial charge in [-0.1, -0.05) is 18.5 Å². The maximum absolute atomic E-state index is 12.1. The number of rotatable bonds is 3. The van der Waals surface area contributed by atoms with E-state index in [0.717, 1.165) is 19.3 Å². The Kier molecular flexibility index (Phi) is 4.62. The highest BCUT2D eigenvalue weighted by Crippen LogP contribution is 2.26. The van der Waals surface area contributed by atoms with Crippen LogP contribution in [0, 0.1) is 5.92 Å². The Bertz CT molecular complexity index is 631. The molecule has 0 radical (unpaired) electrons. The first-order chi connectivity index (χ1) is 9.25. The molecule has 2 rings (SSSR count). The number of hydrogen-bond donors (Lipinski definition) is 1. The molecule has 2 unspecified atom stereocenters. The predicted molar refractivity (Wildman–Crippen MR) is 78.8 cm³/mol. The van der Waals surface area contributed by atoms with Crippen molar-refractivity contribution in [2.45, 2.75) is 37.1 Å². The van der Waals surface area contributed by atoms with Crippen LogP contribution in [0.1, 0.15) is 36.5 Å². The lowest BCUT2D eigenvalue weighted by atomic mass is 10.1. The molecule has 1 aromatic carbocycles. The SMILES string of the molecule is CC1CCC(NC(=O)c2cc(Cl)cc(S(=O)(=O)Cl)c2)C1. The van der Waals surface area contributed by atoms with E-state index in [1.807, 2.05) is 0 Å². The van der Waals surface area contributed by atoms with E-state index < -0.39 is 9.05 Å². The normalized spacial score (nSPS) is 22.8. The second-order valence-electron chi connectivity index (χ2n) is 5.20. The van der Waals surface area contributed by atoms with Gasteiger partial charge in [-0.25, -0.2) is 8.42 Å². The quantitative estimate of drug-likeness (QED) is 0.862. The van der Waals surface area contributed by atoms with Gasteiger partial charge in [-0.3, -0.25) is 4.79 Å². The van der Waals surface area contributed by atoms with E-state index in [4.69, 9.17) is 22.3 Å². The van der Waals surface area contributed by atoms with Crippen LogP contribution in [0.4, 0.5) is 0 Å². The van der Waals surface area contributed by atoms with Crippen LogP contribution in [-0.2, 0) is 9.05 Å². The predicted octanol–water partition coefficient (Wildman–Crippen LogP) is 3.19. The van der Waals surface area contributed by atoms with Crippen LogP contribution in [0.25, 0.3) is 0 Å². The molecule has 0 heterocycles. The highest BCUT2D eigenvalue weighted by atomic mass is 35.7. The van der Waals surface area contributed by atoms with Crippen LogP contribution < -0.4 is 5.32 Å². The minimum atomic E-state index is -3.91. The van der Waals surface area contributed by atoms with E-state index in [2.05, 4.69) is 12.2 Å². The number of amides is 1. The number of hydrogen-bond acceptors (Lipinski definition) is 3. The molecule has 0 saturated heterocycles. The minimum Gasteiger partial charge on any atom is -0.349 e. The molecule has 1 aromatic rings. The molecule has 0 aromatic heterocycles. The lowest BCUT2D eigenvalue weighted by Crippen LogP contribution is -2.32. The number of carbonyl (C=O) groups is 1. The van der Waals surface area contributed by atoms with Crippen molar-refractivity contribution >= 4 is 37.2 Å². The van der Waals surface area contributed by atoms with E-state index >= 15 is 0 Å². The van der Waals surface area contributed by atoms with Crippen molar-refractivity contribution in [2.75, 3.05) is 0 Å². The van der Waals surface area contributed by atoms with Gasteiger partial charge in [-0.2, -0.15) is 0 Å². The number of halogens is 2. The number of benzene rings is 1. The molecular formula is C13H15Cl2NO3S. The highest BCUT2D eigenvalue weighted by Gasteiger charge is 2.24. The zero-order valence-corrected chi connectivity index (χ0v) is 13.2. The fraction of sp³-hybridized carbons (Fsp3) is 0.462. The van der Waals surface area contributed by atoms with Crippen molar-refractivity contribution in [2.24, 2.45) is 5.92 Å². The van der Waals surface area contributed by atoms with E-state index in [9.17, 15) is 13.2 Å². The summed E-state index contributed by atoms with van der Waals surface area (Å²) in [6, 6.07) is 4.02. The van der Waals surface area contributed by atoms with Crippen molar-refractivity contribution in [1.29, 1.82) is 0 Å². The molecule has 20 heavy (non-hydrogen) atoms. The molecule has 1 aliphatic rings. The van der Waals surface area contributed by atoms with Crippen molar-refractivity contribution in [1.82, 2.24) is 5.32 Å². The Hall–Kier alpha value is -0.780. The molecule has 1 aliphatic carbocycles. The van der Waals surface area contributed by atoms with Gasteiger partial charge in [0.15, 0.2) is 0 Å². The standard InChI is InChI=1S/C13H15Cl2NO3S/c1-8-2-3-11(4-8)16-13(17)9-5-10(14)7-12(6-9)20(15,18)19/h5-8,11H,2-4H2,1H3,(H,16,17). The third-order valence-corrected chi connectivity index (χ3v) is 5.00. The second-order valence-corrected chi connectivity index (χ2v) is 8.20. The van der Waals surface area contributed by atoms with Gasteiger partial charge in [0.2, 0.25) is 0 Å². The first kappa shape index (κ1) is 15.6. The summed E-state index contributed by atoms with van der Waals surface area (Å²) in [5.74, 6) is 0.270. The first-order valence-corrected chi connectivity index (χ1v) is 9.00. The van der Waals surface area contributed by atoms with Crippen molar-refractivity contribution in [3.05, 3.63) is 28.8 Å². The summed E-state index contributed by atoms with van der Waals surface area (Å²) in [6.07, 6.45) is 2.96. The molecule has 1 amide bonds. The van der Waals surface area contributed by atoms with Crippen LogP contribution in [0.3, 0.4) is 0 Å². The van der Waals surface area contributed by atoms with Crippen molar-refractivity contribution in [3.8, 4) is 0 Å². The second kappa shape index (κ2) is 5.92. The van der Waals surface area contributed by atoms with Gasteiger partial charge in [-0.15, -0.1) is 0 Å². The van der Waals surface area contributed by atoms with Gasteiger partial charge in [0, 0.05) is 27.3 Å². The average Bonchev–Trinajstić information content (AvgIpc) is 2.72. The molecule has 0 spiro atoms. The fourth-order valence-corrected chi connectivity index (χ4v) is 3.54. The van der Waals surface area contributed by atoms with E-state index in [1.165, 1.54) is 18.2 Å². The molecule has 2 atom stereocenters. The third-order valence-electron chi connectivity index (χ3n) is 3.45. The smallest absolute Gasteiger partial charge is 0.261 e. The number of nitrogens with one attached hydrogen (secondary N) is 1. The first-order valence-electron chi connectivity index (χ1n) is 6.32. The summed E-state index contributed by atoms with van der Waals surface area (Å²) in [6.45, 7) is 2.14. The van der Waals surface area contributed by atoms with Gasteiger partial charge in [0.25, 0.3) is 15.0 Å². The zero-order valence-electron chi connectivity index (χ0n) is 10.9. The average molecular weight is 336 g/mol. The van der Waals surface area contributed by atoms with Gasteiger partial charge in [0.05, 0.1) is 4.90 Å². The molecule has 1 fully saturated rings. The van der Waals surface area contributed by atoms with Crippen molar-refractivity contribution in [3.63, 3.8) is 0 Å². The lowest BCUT2D eigenvalue weighted by Gasteiger charge is -2.13. The van der Waals surface area contributed by atoms with Gasteiger partial charge in [0.1, 0.15) is 0 Å².